The van der Waals surface area contributed by atoms with Gasteiger partial charge in [-0.2, -0.15) is 0 Å². The first-order chi connectivity index (χ1) is 12.2. The summed E-state index contributed by atoms with van der Waals surface area (Å²) in [5, 5.41) is 18.0. The van der Waals surface area contributed by atoms with Crippen LogP contribution in [-0.2, 0) is 4.79 Å². The summed E-state index contributed by atoms with van der Waals surface area (Å²) in [6, 6.07) is 17.2. The van der Waals surface area contributed by atoms with Crippen LogP contribution in [0.2, 0.25) is 0 Å². The molecule has 25 heavy (non-hydrogen) atoms. The van der Waals surface area contributed by atoms with Crippen molar-refractivity contribution in [2.45, 2.75) is 12.1 Å². The maximum atomic E-state index is 10.9. The van der Waals surface area contributed by atoms with Gasteiger partial charge in [-0.15, -0.1) is 10.2 Å². The topological polar surface area (TPSA) is 77.2 Å². The molecule has 0 aliphatic heterocycles. The van der Waals surface area contributed by atoms with E-state index in [1.807, 2.05) is 66.1 Å². The molecule has 0 saturated heterocycles. The zero-order chi connectivity index (χ0) is 17.6. The van der Waals surface area contributed by atoms with Crippen molar-refractivity contribution in [1.29, 1.82) is 0 Å². The molecule has 7 heteroatoms. The van der Waals surface area contributed by atoms with E-state index in [2.05, 4.69) is 10.2 Å². The highest BCUT2D eigenvalue weighted by atomic mass is 32.2. The maximum Gasteiger partial charge on any atom is 0.313 e. The number of hydrogen-bond donors (Lipinski definition) is 1. The van der Waals surface area contributed by atoms with Crippen molar-refractivity contribution in [3.8, 4) is 22.8 Å². The van der Waals surface area contributed by atoms with Gasteiger partial charge >= 0.3 is 5.97 Å². The van der Waals surface area contributed by atoms with Gasteiger partial charge in [0, 0.05) is 5.69 Å². The quantitative estimate of drug-likeness (QED) is 0.654. The Labute approximate surface area is 149 Å². The van der Waals surface area contributed by atoms with E-state index in [1.54, 1.807) is 0 Å². The third kappa shape index (κ3) is 3.83. The number of thioether (sulfide) groups is 1. The minimum atomic E-state index is -0.899. The molecule has 0 aliphatic carbocycles. The van der Waals surface area contributed by atoms with Crippen LogP contribution in [0.1, 0.15) is 6.92 Å². The molecule has 0 spiro atoms. The lowest BCUT2D eigenvalue weighted by Crippen LogP contribution is -2.04. The van der Waals surface area contributed by atoms with Gasteiger partial charge in [0.05, 0.1) is 17.9 Å². The van der Waals surface area contributed by atoms with Gasteiger partial charge in [-0.3, -0.25) is 9.36 Å². The third-order valence-corrected chi connectivity index (χ3v) is 4.31. The molecular formula is C18H17N3O3S. The molecule has 2 aromatic carbocycles. The summed E-state index contributed by atoms with van der Waals surface area (Å²) in [4.78, 5) is 10.9. The minimum Gasteiger partial charge on any atom is -0.493 e. The van der Waals surface area contributed by atoms with E-state index in [1.165, 1.54) is 0 Å². The van der Waals surface area contributed by atoms with Crippen molar-refractivity contribution < 1.29 is 14.6 Å². The number of carboxylic acid groups (broad SMARTS) is 1. The molecule has 0 aliphatic rings. The number of ether oxygens (including phenoxy) is 1. The van der Waals surface area contributed by atoms with E-state index >= 15 is 0 Å². The van der Waals surface area contributed by atoms with Crippen molar-refractivity contribution in [3.05, 3.63) is 54.6 Å². The largest absolute Gasteiger partial charge is 0.493 e. The molecule has 1 heterocycles. The predicted octanol–water partition coefficient (Wildman–Crippen LogP) is 3.51. The Balaban J connectivity index is 2.13. The second kappa shape index (κ2) is 7.85. The van der Waals surface area contributed by atoms with Gasteiger partial charge < -0.3 is 9.84 Å². The molecule has 0 bridgehead atoms. The Hall–Kier alpha value is -2.80. The maximum absolute atomic E-state index is 10.9. The third-order valence-electron chi connectivity index (χ3n) is 3.40. The zero-order valence-electron chi connectivity index (χ0n) is 13.6. The second-order valence-electron chi connectivity index (χ2n) is 5.09. The fourth-order valence-corrected chi connectivity index (χ4v) is 3.08. The summed E-state index contributed by atoms with van der Waals surface area (Å²) in [6.07, 6.45) is 0. The molecule has 0 atom stereocenters. The number of aliphatic carboxylic acids is 1. The predicted molar refractivity (Wildman–Crippen MR) is 96.3 cm³/mol. The van der Waals surface area contributed by atoms with Crippen LogP contribution in [0.5, 0.6) is 5.75 Å². The van der Waals surface area contributed by atoms with Crippen LogP contribution in [0.25, 0.3) is 17.1 Å². The average Bonchev–Trinajstić information content (AvgIpc) is 3.05. The first-order valence-electron chi connectivity index (χ1n) is 7.78. The molecule has 0 saturated carbocycles. The van der Waals surface area contributed by atoms with Gasteiger partial charge in [-0.1, -0.05) is 42.1 Å². The number of aromatic nitrogens is 3. The molecule has 0 radical (unpaired) electrons. The number of carbonyl (C=O) groups is 1. The summed E-state index contributed by atoms with van der Waals surface area (Å²) in [5.41, 5.74) is 1.67. The van der Waals surface area contributed by atoms with Crippen LogP contribution in [0.3, 0.4) is 0 Å². The molecule has 1 aromatic heterocycles. The van der Waals surface area contributed by atoms with E-state index in [0.717, 1.165) is 23.0 Å². The number of nitrogens with zero attached hydrogens (tertiary/aromatic N) is 3. The average molecular weight is 355 g/mol. The Morgan fingerprint density at radius 1 is 1.12 bits per heavy atom. The van der Waals surface area contributed by atoms with Gasteiger partial charge in [0.25, 0.3) is 0 Å². The first-order valence-corrected chi connectivity index (χ1v) is 8.77. The van der Waals surface area contributed by atoms with Gasteiger partial charge in [-0.25, -0.2) is 0 Å². The number of hydrogen-bond acceptors (Lipinski definition) is 5. The Kier molecular flexibility index (Phi) is 5.35. The van der Waals surface area contributed by atoms with Crippen molar-refractivity contribution in [1.82, 2.24) is 14.8 Å². The van der Waals surface area contributed by atoms with Crippen molar-refractivity contribution >= 4 is 17.7 Å². The summed E-state index contributed by atoms with van der Waals surface area (Å²) < 4.78 is 7.56. The van der Waals surface area contributed by atoms with E-state index in [0.29, 0.717) is 23.3 Å². The van der Waals surface area contributed by atoms with E-state index in [4.69, 9.17) is 9.84 Å². The lowest BCUT2D eigenvalue weighted by Gasteiger charge is -2.12. The van der Waals surface area contributed by atoms with Crippen molar-refractivity contribution in [2.75, 3.05) is 12.4 Å². The van der Waals surface area contributed by atoms with Crippen LogP contribution < -0.4 is 4.74 Å². The molecule has 0 amide bonds. The fourth-order valence-electron chi connectivity index (χ4n) is 2.41. The zero-order valence-corrected chi connectivity index (χ0v) is 14.4. The highest BCUT2D eigenvalue weighted by Crippen LogP contribution is 2.33. The van der Waals surface area contributed by atoms with Crippen LogP contribution >= 0.6 is 11.8 Å². The van der Waals surface area contributed by atoms with E-state index in [9.17, 15) is 4.79 Å². The van der Waals surface area contributed by atoms with E-state index < -0.39 is 5.97 Å². The van der Waals surface area contributed by atoms with Crippen LogP contribution in [0.4, 0.5) is 0 Å². The van der Waals surface area contributed by atoms with E-state index in [-0.39, 0.29) is 5.75 Å². The highest BCUT2D eigenvalue weighted by molar-refractivity contribution is 7.99. The summed E-state index contributed by atoms with van der Waals surface area (Å²) in [6.45, 7) is 2.46. The van der Waals surface area contributed by atoms with Gasteiger partial charge in [0.1, 0.15) is 5.75 Å². The SMILES string of the molecule is CCOc1ccccc1-c1nnc(SCC(=O)O)n1-c1ccccc1. The number of benzene rings is 2. The van der Waals surface area contributed by atoms with Crippen molar-refractivity contribution in [2.24, 2.45) is 0 Å². The number of para-hydroxylation sites is 2. The molecular weight excluding hydrogens is 338 g/mol. The van der Waals surface area contributed by atoms with Crippen LogP contribution in [0.15, 0.2) is 59.8 Å². The molecule has 1 N–H and O–H groups in total. The second-order valence-corrected chi connectivity index (χ2v) is 6.03. The van der Waals surface area contributed by atoms with Crippen molar-refractivity contribution in [3.63, 3.8) is 0 Å². The molecule has 6 nitrogen and oxygen atoms in total. The first kappa shape index (κ1) is 17.0. The molecule has 0 unspecified atom stereocenters. The van der Waals surface area contributed by atoms with Gasteiger partial charge in [0.15, 0.2) is 11.0 Å². The highest BCUT2D eigenvalue weighted by Gasteiger charge is 2.19. The number of rotatable bonds is 7. The Morgan fingerprint density at radius 3 is 2.56 bits per heavy atom. The Bertz CT molecular complexity index is 865. The summed E-state index contributed by atoms with van der Waals surface area (Å²) in [5.74, 6) is 0.342. The van der Waals surface area contributed by atoms with Crippen LogP contribution in [0, 0.1) is 0 Å². The summed E-state index contributed by atoms with van der Waals surface area (Å²) >= 11 is 1.13. The number of carboxylic acids is 1. The smallest absolute Gasteiger partial charge is 0.313 e. The van der Waals surface area contributed by atoms with Crippen LogP contribution in [-0.4, -0.2) is 38.2 Å². The van der Waals surface area contributed by atoms with Gasteiger partial charge in [0.2, 0.25) is 0 Å². The molecule has 3 aromatic rings. The summed E-state index contributed by atoms with van der Waals surface area (Å²) in [7, 11) is 0. The lowest BCUT2D eigenvalue weighted by molar-refractivity contribution is -0.133. The monoisotopic (exact) mass is 355 g/mol. The lowest BCUT2D eigenvalue weighted by atomic mass is 10.2. The standard InChI is InChI=1S/C18H17N3O3S/c1-2-24-15-11-7-6-10-14(15)17-19-20-18(25-12-16(22)23)21(17)13-8-4-3-5-9-13/h3-11H,2,12H2,1H3,(H,22,23). The molecule has 0 fully saturated rings. The van der Waals surface area contributed by atoms with Gasteiger partial charge in [-0.05, 0) is 31.2 Å². The molecule has 3 rings (SSSR count). The Morgan fingerprint density at radius 2 is 1.84 bits per heavy atom. The minimum absolute atomic E-state index is 0.0852. The normalized spacial score (nSPS) is 10.6. The molecule has 128 valence electrons. The fraction of sp³-hybridized carbons (Fsp3) is 0.167.